The molecule has 0 aliphatic carbocycles. The van der Waals surface area contributed by atoms with Gasteiger partial charge in [-0.3, -0.25) is 9.59 Å². The summed E-state index contributed by atoms with van der Waals surface area (Å²) in [7, 11) is -0.300. The van der Waals surface area contributed by atoms with Crippen LogP contribution in [-0.4, -0.2) is 134 Å². The number of fused-ring (bicyclic) bond motifs is 3. The first-order valence-electron chi connectivity index (χ1n) is 28.7. The minimum absolute atomic E-state index is 0.0216. The molecular weight excluding hydrogens is 1300 g/mol. The van der Waals surface area contributed by atoms with Crippen molar-refractivity contribution in [3.05, 3.63) is 91.9 Å². The zero-order valence-electron chi connectivity index (χ0n) is 50.4. The van der Waals surface area contributed by atoms with E-state index in [0.717, 1.165) is 117 Å². The molecule has 0 atom stereocenters. The van der Waals surface area contributed by atoms with Gasteiger partial charge in [0.15, 0.2) is 17.5 Å². The number of rotatable bonds is 6. The summed E-state index contributed by atoms with van der Waals surface area (Å²) in [5.74, 6) is 2.97. The van der Waals surface area contributed by atoms with Crippen LogP contribution >= 0.6 is 59.4 Å². The minimum atomic E-state index is -0.467. The predicted octanol–water partition coefficient (Wildman–Crippen LogP) is 10.1. The average Bonchev–Trinajstić information content (AvgIpc) is 2.65. The SMILES string of the molecule is CC(C)(C)OC(=O)N1CCC(c2cc(Br)c3c(N)ncnn23)CC1.CC(C)C(=O)Cl.CC(C)C(=O)N1CCC(c2cc(Br)c3c(N)ncnn23)CC1.CC1(C)OB(c2ccc(N)cc2)OC1(C)C.Nc1ncnn2c(C3CCNCC3)cc(Br)c12. The van der Waals surface area contributed by atoms with E-state index < -0.39 is 5.60 Å². The third-order valence-corrected chi connectivity index (χ3v) is 17.9. The van der Waals surface area contributed by atoms with Crippen molar-refractivity contribution >= 4 is 129 Å². The molecule has 27 heteroatoms. The molecule has 0 unspecified atom stereocenters. The number of piperidine rings is 3. The molecule has 460 valence electrons. The Kier molecular flexibility index (Phi) is 22.4. The lowest BCUT2D eigenvalue weighted by Crippen LogP contribution is -2.41. The topological polar surface area (TPSA) is 292 Å². The van der Waals surface area contributed by atoms with E-state index in [0.29, 0.717) is 48.3 Å². The van der Waals surface area contributed by atoms with E-state index in [1.807, 2.05) is 111 Å². The number of nitrogens with two attached hydrogens (primary N) is 4. The molecule has 22 nitrogen and oxygen atoms in total. The van der Waals surface area contributed by atoms with Gasteiger partial charge in [0.05, 0.1) is 11.2 Å². The Labute approximate surface area is 528 Å². The number of carbonyl (C=O) groups excluding carboxylic acids is 3. The van der Waals surface area contributed by atoms with Crippen LogP contribution in [-0.2, 0) is 23.6 Å². The van der Waals surface area contributed by atoms with Crippen LogP contribution in [0, 0.1) is 11.8 Å². The van der Waals surface area contributed by atoms with Gasteiger partial charge in [-0.15, -0.1) is 0 Å². The van der Waals surface area contributed by atoms with Gasteiger partial charge in [-0.05, 0) is 195 Å². The number of halogens is 4. The van der Waals surface area contributed by atoms with E-state index in [1.54, 1.807) is 18.7 Å². The largest absolute Gasteiger partial charge is 0.494 e. The Morgan fingerprint density at radius 2 is 0.976 bits per heavy atom. The van der Waals surface area contributed by atoms with Crippen LogP contribution in [0.15, 0.2) is 74.9 Å². The number of aromatic nitrogens is 9. The summed E-state index contributed by atoms with van der Waals surface area (Å²) in [4.78, 5) is 50.0. The fraction of sp³-hybridized carbons (Fsp3) is 0.534. The van der Waals surface area contributed by atoms with Crippen LogP contribution in [0.4, 0.5) is 27.9 Å². The van der Waals surface area contributed by atoms with Gasteiger partial charge in [0, 0.05) is 92.0 Å². The van der Waals surface area contributed by atoms with Crippen molar-refractivity contribution in [3.8, 4) is 0 Å². The van der Waals surface area contributed by atoms with Gasteiger partial charge in [0.1, 0.15) is 41.1 Å². The number of likely N-dealkylation sites (tertiary alicyclic amines) is 2. The lowest BCUT2D eigenvalue weighted by Gasteiger charge is -2.33. The fourth-order valence-corrected chi connectivity index (χ4v) is 12.0. The van der Waals surface area contributed by atoms with E-state index in [1.165, 1.54) is 24.7 Å². The second kappa shape index (κ2) is 28.5. The number of anilines is 4. The monoisotopic (exact) mass is 1380 g/mol. The average molecular weight is 1380 g/mol. The molecule has 85 heavy (non-hydrogen) atoms. The molecule has 7 aromatic rings. The Morgan fingerprint density at radius 3 is 1.32 bits per heavy atom. The molecule has 4 saturated heterocycles. The highest BCUT2D eigenvalue weighted by Gasteiger charge is 2.51. The minimum Gasteiger partial charge on any atom is -0.444 e. The zero-order chi connectivity index (χ0) is 62.3. The first-order valence-corrected chi connectivity index (χ1v) is 31.4. The predicted molar refractivity (Wildman–Crippen MR) is 346 cm³/mol. The second-order valence-electron chi connectivity index (χ2n) is 24.2. The molecule has 10 heterocycles. The molecule has 2 amide bonds. The summed E-state index contributed by atoms with van der Waals surface area (Å²) < 4.78 is 25.7. The van der Waals surface area contributed by atoms with Gasteiger partial charge in [-0.1, -0.05) is 39.8 Å². The lowest BCUT2D eigenvalue weighted by molar-refractivity contribution is -0.135. The molecule has 11 rings (SSSR count). The van der Waals surface area contributed by atoms with Crippen molar-refractivity contribution in [2.24, 2.45) is 11.8 Å². The van der Waals surface area contributed by atoms with Gasteiger partial charge in [-0.25, -0.2) is 33.3 Å². The van der Waals surface area contributed by atoms with Crippen molar-refractivity contribution < 1.29 is 28.4 Å². The normalized spacial score (nSPS) is 17.4. The van der Waals surface area contributed by atoms with Gasteiger partial charge in [0.2, 0.25) is 11.1 Å². The zero-order valence-corrected chi connectivity index (χ0v) is 55.9. The molecule has 0 bridgehead atoms. The molecule has 1 aromatic carbocycles. The Morgan fingerprint density at radius 1 is 0.624 bits per heavy atom. The summed E-state index contributed by atoms with van der Waals surface area (Å²) >= 11 is 15.6. The Bertz CT molecular complexity index is 3410. The maximum atomic E-state index is 12.2. The molecular formula is C58H81BBr3ClN16O6. The number of hydrogen-bond acceptors (Lipinski definition) is 17. The number of nitrogen functional groups attached to an aromatic ring is 4. The number of amides is 2. The van der Waals surface area contributed by atoms with Crippen LogP contribution in [0.2, 0.25) is 0 Å². The van der Waals surface area contributed by atoms with E-state index in [-0.39, 0.29) is 47.4 Å². The fourth-order valence-electron chi connectivity index (χ4n) is 10.2. The molecule has 4 aliphatic rings. The standard InChI is InChI=1S/C16H22BrN5O2.C15H20BrN5O.C12H18BNO2.C11H14BrN5.C4H7ClO/c1-16(2,3)24-15(23)21-6-4-10(5-7-21)12-8-11(17)13-14(18)19-9-20-22(12)13;1-9(2)15(22)20-5-3-10(4-6-20)12-7-11(16)13-14(17)18-8-19-21(12)13;1-11(2)12(3,4)16-13(15-11)9-5-7-10(14)8-6-9;12-8-5-9(7-1-3-14-4-2-7)17-10(8)11(13)15-6-16-17;1-3(2)4(5)6/h8-10H,4-7H2,1-3H3,(H2,18,19,20);7-10H,3-6H2,1-2H3,(H2,17,18,19);5-8H,14H2,1-4H3;5-7,14H,1-4H2,(H2,13,15,16);3H,1-2H3. The van der Waals surface area contributed by atoms with Gasteiger partial charge in [-0.2, -0.15) is 15.3 Å². The third kappa shape index (κ3) is 16.5. The van der Waals surface area contributed by atoms with Crippen LogP contribution < -0.4 is 33.7 Å². The number of carbonyl (C=O) groups is 3. The first-order chi connectivity index (χ1) is 40.0. The van der Waals surface area contributed by atoms with E-state index in [9.17, 15) is 14.4 Å². The lowest BCUT2D eigenvalue weighted by atomic mass is 9.79. The number of hydrogen-bond donors (Lipinski definition) is 5. The first kappa shape index (κ1) is 66.9. The number of nitrogens with zero attached hydrogens (tertiary/aromatic N) is 11. The second-order valence-corrected chi connectivity index (χ2v) is 27.1. The van der Waals surface area contributed by atoms with Crippen LogP contribution in [0.25, 0.3) is 16.6 Å². The van der Waals surface area contributed by atoms with Gasteiger partial charge >= 0.3 is 13.2 Å². The highest BCUT2D eigenvalue weighted by molar-refractivity contribution is 9.11. The Balaban J connectivity index is 0.000000159. The van der Waals surface area contributed by atoms with Crippen LogP contribution in [0.1, 0.15) is 150 Å². The summed E-state index contributed by atoms with van der Waals surface area (Å²) in [6.07, 6.45) is 10.1. The van der Waals surface area contributed by atoms with Crippen LogP contribution in [0.3, 0.4) is 0 Å². The number of ether oxygens (including phenoxy) is 1. The molecule has 0 spiro atoms. The molecule has 0 saturated carbocycles. The van der Waals surface area contributed by atoms with Crippen molar-refractivity contribution in [1.82, 2.24) is 58.9 Å². The number of benzene rings is 1. The molecule has 4 fully saturated rings. The van der Waals surface area contributed by atoms with E-state index >= 15 is 0 Å². The van der Waals surface area contributed by atoms with Crippen molar-refractivity contribution in [3.63, 3.8) is 0 Å². The molecule has 0 radical (unpaired) electrons. The van der Waals surface area contributed by atoms with Crippen molar-refractivity contribution in [2.45, 2.75) is 149 Å². The molecule has 4 aliphatic heterocycles. The van der Waals surface area contributed by atoms with Crippen molar-refractivity contribution in [2.75, 3.05) is 62.2 Å². The maximum absolute atomic E-state index is 12.2. The summed E-state index contributed by atoms with van der Waals surface area (Å²) in [6.45, 7) is 26.3. The van der Waals surface area contributed by atoms with Gasteiger partial charge in [0.25, 0.3) is 0 Å². The Hall–Kier alpha value is -5.64. The molecule has 9 N–H and O–H groups in total. The van der Waals surface area contributed by atoms with E-state index in [2.05, 4.69) is 95.5 Å². The highest BCUT2D eigenvalue weighted by atomic mass is 79.9. The quantitative estimate of drug-likeness (QED) is 0.0587. The van der Waals surface area contributed by atoms with Gasteiger partial charge < -0.3 is 52.1 Å². The van der Waals surface area contributed by atoms with Crippen LogP contribution in [0.5, 0.6) is 0 Å². The maximum Gasteiger partial charge on any atom is 0.494 e. The highest BCUT2D eigenvalue weighted by Crippen LogP contribution is 2.39. The third-order valence-electron chi connectivity index (χ3n) is 15.6. The smallest absolute Gasteiger partial charge is 0.444 e. The summed E-state index contributed by atoms with van der Waals surface area (Å²) in [5.41, 5.74) is 30.1. The van der Waals surface area contributed by atoms with Crippen molar-refractivity contribution in [1.29, 1.82) is 0 Å². The molecule has 6 aromatic heterocycles. The van der Waals surface area contributed by atoms with E-state index in [4.69, 9.17) is 48.6 Å². The number of nitrogens with one attached hydrogen (secondary N) is 1. The summed E-state index contributed by atoms with van der Waals surface area (Å²) in [6, 6.07) is 13.9. The summed E-state index contributed by atoms with van der Waals surface area (Å²) in [5, 5.41) is 16.1.